The van der Waals surface area contributed by atoms with Crippen LogP contribution in [-0.4, -0.2) is 25.1 Å². The molecule has 0 bridgehead atoms. The average Bonchev–Trinajstić information content (AvgIpc) is 2.35. The highest BCUT2D eigenvalue weighted by Crippen LogP contribution is 2.24. The minimum atomic E-state index is -0.399. The summed E-state index contributed by atoms with van der Waals surface area (Å²) < 4.78 is 4.92. The number of hydrogen-bond acceptors (Lipinski definition) is 4. The third kappa shape index (κ3) is 2.05. The van der Waals surface area contributed by atoms with E-state index in [-0.39, 0.29) is 28.3 Å². The quantitative estimate of drug-likeness (QED) is 0.455. The molecule has 0 radical (unpaired) electrons. The van der Waals surface area contributed by atoms with E-state index in [0.29, 0.717) is 6.29 Å². The summed E-state index contributed by atoms with van der Waals surface area (Å²) in [6.07, 6.45) is 0.488. The predicted octanol–water partition coefficient (Wildman–Crippen LogP) is 1.80. The van der Waals surface area contributed by atoms with Gasteiger partial charge in [-0.25, -0.2) is 0 Å². The van der Waals surface area contributed by atoms with E-state index in [9.17, 15) is 9.59 Å². The van der Waals surface area contributed by atoms with E-state index in [1.54, 1.807) is 0 Å². The van der Waals surface area contributed by atoms with Crippen molar-refractivity contribution < 1.29 is 14.3 Å². The van der Waals surface area contributed by atoms with Crippen LogP contribution < -0.4 is 4.74 Å². The van der Waals surface area contributed by atoms with Gasteiger partial charge in [0, 0.05) is 5.56 Å². The number of halogens is 1. The number of alkyl halides is 1. The lowest BCUT2D eigenvalue weighted by atomic mass is 9.99. The van der Waals surface area contributed by atoms with Gasteiger partial charge in [0.05, 0.1) is 24.1 Å². The first-order valence-electron chi connectivity index (χ1n) is 4.35. The van der Waals surface area contributed by atoms with Gasteiger partial charge in [0.1, 0.15) is 11.8 Å². The molecule has 1 aromatic rings. The van der Waals surface area contributed by atoms with Crippen LogP contribution in [0.2, 0.25) is 0 Å². The maximum absolute atomic E-state index is 11.4. The van der Waals surface area contributed by atoms with Gasteiger partial charge in [0.2, 0.25) is 0 Å². The molecule has 1 rings (SSSR count). The van der Waals surface area contributed by atoms with E-state index in [1.165, 1.54) is 19.2 Å². The molecule has 5 heteroatoms. The zero-order valence-electron chi connectivity index (χ0n) is 8.49. The lowest BCUT2D eigenvalue weighted by Crippen LogP contribution is -2.07. The Morgan fingerprint density at radius 1 is 1.62 bits per heavy atom. The maximum atomic E-state index is 11.4. The highest BCUT2D eigenvalue weighted by Gasteiger charge is 2.17. The van der Waals surface area contributed by atoms with Crippen LogP contribution in [0.4, 0.5) is 0 Å². The topological polar surface area (TPSA) is 67.2 Å². The molecule has 4 nitrogen and oxygen atoms in total. The average molecular weight is 238 g/mol. The SMILES string of the molecule is COc1ccc(C(=O)CCl)c(C#N)c1C=O. The lowest BCUT2D eigenvalue weighted by Gasteiger charge is -2.08. The highest BCUT2D eigenvalue weighted by molar-refractivity contribution is 6.30. The van der Waals surface area contributed by atoms with Crippen molar-refractivity contribution in [3.8, 4) is 11.8 Å². The molecule has 0 unspecified atom stereocenters. The summed E-state index contributed by atoms with van der Waals surface area (Å²) in [5, 5.41) is 8.93. The Bertz CT molecular complexity index is 477. The van der Waals surface area contributed by atoms with Crippen LogP contribution in [0.25, 0.3) is 0 Å². The fraction of sp³-hybridized carbons (Fsp3) is 0.182. The zero-order valence-corrected chi connectivity index (χ0v) is 9.25. The van der Waals surface area contributed by atoms with Crippen LogP contribution in [0.15, 0.2) is 12.1 Å². The Labute approximate surface area is 97.4 Å². The van der Waals surface area contributed by atoms with Crippen molar-refractivity contribution >= 4 is 23.7 Å². The molecular formula is C11H8ClNO3. The number of carbonyl (C=O) groups excluding carboxylic acids is 2. The number of benzene rings is 1. The van der Waals surface area contributed by atoms with E-state index in [4.69, 9.17) is 21.6 Å². The smallest absolute Gasteiger partial charge is 0.178 e. The number of aldehydes is 1. The number of Topliss-reactive ketones (excluding diaryl/α,β-unsaturated/α-hetero) is 1. The molecule has 0 amide bonds. The number of methoxy groups -OCH3 is 1. The van der Waals surface area contributed by atoms with Crippen LogP contribution in [0, 0.1) is 11.3 Å². The summed E-state index contributed by atoms with van der Waals surface area (Å²) in [5.74, 6) is -0.374. The van der Waals surface area contributed by atoms with Crippen molar-refractivity contribution in [2.45, 2.75) is 0 Å². The standard InChI is InChI=1S/C11H8ClNO3/c1-16-11-3-2-7(10(15)4-12)8(5-13)9(11)6-14/h2-3,6H,4H2,1H3. The number of nitriles is 1. The molecular weight excluding hydrogens is 230 g/mol. The normalized spacial score (nSPS) is 9.31. The van der Waals surface area contributed by atoms with Crippen LogP contribution >= 0.6 is 11.6 Å². The Balaban J connectivity index is 3.51. The van der Waals surface area contributed by atoms with E-state index < -0.39 is 5.78 Å². The summed E-state index contributed by atoms with van der Waals surface area (Å²) >= 11 is 5.41. The molecule has 0 saturated carbocycles. The third-order valence-corrected chi connectivity index (χ3v) is 2.32. The molecule has 82 valence electrons. The first-order chi connectivity index (χ1) is 7.69. The number of ketones is 1. The summed E-state index contributed by atoms with van der Waals surface area (Å²) in [4.78, 5) is 22.3. The highest BCUT2D eigenvalue weighted by atomic mass is 35.5. The summed E-state index contributed by atoms with van der Waals surface area (Å²) in [6, 6.07) is 4.70. The first kappa shape index (κ1) is 12.2. The summed E-state index contributed by atoms with van der Waals surface area (Å²) in [6.45, 7) is 0. The molecule has 0 spiro atoms. The van der Waals surface area contributed by atoms with Crippen LogP contribution in [0.3, 0.4) is 0 Å². The second kappa shape index (κ2) is 5.29. The fourth-order valence-electron chi connectivity index (χ4n) is 1.32. The minimum Gasteiger partial charge on any atom is -0.496 e. The molecule has 0 aromatic heterocycles. The number of carbonyl (C=O) groups is 2. The second-order valence-corrected chi connectivity index (χ2v) is 3.16. The van der Waals surface area contributed by atoms with Gasteiger partial charge in [-0.3, -0.25) is 9.59 Å². The van der Waals surface area contributed by atoms with Gasteiger partial charge in [-0.1, -0.05) is 0 Å². The molecule has 0 aliphatic heterocycles. The maximum Gasteiger partial charge on any atom is 0.178 e. The zero-order chi connectivity index (χ0) is 12.1. The number of hydrogen-bond donors (Lipinski definition) is 0. The molecule has 0 aliphatic carbocycles. The summed E-state index contributed by atoms with van der Waals surface area (Å²) in [5.41, 5.74) is 0.210. The second-order valence-electron chi connectivity index (χ2n) is 2.89. The number of rotatable bonds is 4. The fourth-order valence-corrected chi connectivity index (χ4v) is 1.46. The Morgan fingerprint density at radius 3 is 2.75 bits per heavy atom. The van der Waals surface area contributed by atoms with Crippen molar-refractivity contribution in [3.05, 3.63) is 28.8 Å². The Morgan fingerprint density at radius 2 is 2.31 bits per heavy atom. The van der Waals surface area contributed by atoms with E-state index in [2.05, 4.69) is 0 Å². The molecule has 0 N–H and O–H groups in total. The van der Waals surface area contributed by atoms with Gasteiger partial charge in [-0.05, 0) is 12.1 Å². The van der Waals surface area contributed by atoms with Gasteiger partial charge in [0.15, 0.2) is 12.1 Å². The Kier molecular flexibility index (Phi) is 4.03. The molecule has 1 aromatic carbocycles. The van der Waals surface area contributed by atoms with Crippen molar-refractivity contribution in [2.24, 2.45) is 0 Å². The van der Waals surface area contributed by atoms with Crippen molar-refractivity contribution in [2.75, 3.05) is 13.0 Å². The van der Waals surface area contributed by atoms with Crippen molar-refractivity contribution in [1.82, 2.24) is 0 Å². The van der Waals surface area contributed by atoms with E-state index >= 15 is 0 Å². The largest absolute Gasteiger partial charge is 0.496 e. The molecule has 0 fully saturated rings. The summed E-state index contributed by atoms with van der Waals surface area (Å²) in [7, 11) is 1.38. The molecule has 16 heavy (non-hydrogen) atoms. The molecule has 0 heterocycles. The Hall–Kier alpha value is -1.86. The van der Waals surface area contributed by atoms with Gasteiger partial charge in [-0.2, -0.15) is 5.26 Å². The third-order valence-electron chi connectivity index (χ3n) is 2.08. The van der Waals surface area contributed by atoms with Crippen LogP contribution in [0.1, 0.15) is 26.3 Å². The van der Waals surface area contributed by atoms with Crippen molar-refractivity contribution in [3.63, 3.8) is 0 Å². The molecule has 0 saturated heterocycles. The predicted molar refractivity (Wildman–Crippen MR) is 58.1 cm³/mol. The van der Waals surface area contributed by atoms with Gasteiger partial charge < -0.3 is 4.74 Å². The van der Waals surface area contributed by atoms with E-state index in [1.807, 2.05) is 6.07 Å². The monoisotopic (exact) mass is 237 g/mol. The van der Waals surface area contributed by atoms with Crippen LogP contribution in [0.5, 0.6) is 5.75 Å². The van der Waals surface area contributed by atoms with Gasteiger partial charge in [0.25, 0.3) is 0 Å². The van der Waals surface area contributed by atoms with Gasteiger partial charge >= 0.3 is 0 Å². The van der Waals surface area contributed by atoms with Crippen LogP contribution in [-0.2, 0) is 0 Å². The van der Waals surface area contributed by atoms with Crippen molar-refractivity contribution in [1.29, 1.82) is 5.26 Å². The molecule has 0 atom stereocenters. The number of nitrogens with zero attached hydrogens (tertiary/aromatic N) is 1. The lowest BCUT2D eigenvalue weighted by molar-refractivity contribution is 0.102. The number of ether oxygens (including phenoxy) is 1. The minimum absolute atomic E-state index is 0.000000000000000222. The first-order valence-corrected chi connectivity index (χ1v) is 4.88. The van der Waals surface area contributed by atoms with Gasteiger partial charge in [-0.15, -0.1) is 11.6 Å². The van der Waals surface area contributed by atoms with E-state index in [0.717, 1.165) is 0 Å². The molecule has 0 aliphatic rings.